The molecule has 1 aliphatic heterocycles. The largest absolute Gasteiger partial charge is 0.387 e. The number of aliphatic hydroxyl groups is 1. The Morgan fingerprint density at radius 1 is 1.04 bits per heavy atom. The van der Waals surface area contributed by atoms with E-state index >= 15 is 0 Å². The summed E-state index contributed by atoms with van der Waals surface area (Å²) in [5.74, 6) is 0. The van der Waals surface area contributed by atoms with Crippen molar-refractivity contribution in [1.82, 2.24) is 9.88 Å². The number of hydrogen-bond acceptors (Lipinski definition) is 3. The van der Waals surface area contributed by atoms with Crippen molar-refractivity contribution in [1.29, 1.82) is 0 Å². The number of aromatic nitrogens is 1. The molecule has 1 atom stereocenters. The number of nitrogens with one attached hydrogen (secondary N) is 1. The molecule has 0 unspecified atom stereocenters. The Morgan fingerprint density at radius 2 is 1.80 bits per heavy atom. The first kappa shape index (κ1) is 16.6. The lowest BCUT2D eigenvalue weighted by atomic mass is 9.66. The molecule has 2 N–H and O–H groups in total. The summed E-state index contributed by atoms with van der Waals surface area (Å²) in [6.45, 7) is 2.07. The maximum absolute atomic E-state index is 12.7. The zero-order chi connectivity index (χ0) is 17.3. The van der Waals surface area contributed by atoms with Crippen LogP contribution in [0.5, 0.6) is 0 Å². The van der Waals surface area contributed by atoms with Crippen LogP contribution in [-0.4, -0.2) is 28.4 Å². The maximum Gasteiger partial charge on any atom is 0.251 e. The molecule has 4 heteroatoms. The van der Waals surface area contributed by atoms with Crippen LogP contribution in [-0.2, 0) is 6.54 Å². The summed E-state index contributed by atoms with van der Waals surface area (Å²) in [7, 11) is 0. The minimum atomic E-state index is -0.799. The molecule has 4 rings (SSSR count). The summed E-state index contributed by atoms with van der Waals surface area (Å²) >= 11 is 0. The summed E-state index contributed by atoms with van der Waals surface area (Å²) < 4.78 is 1.69. The van der Waals surface area contributed by atoms with Crippen molar-refractivity contribution < 1.29 is 5.11 Å². The average Bonchev–Trinajstić information content (AvgIpc) is 3.11. The third-order valence-electron chi connectivity index (χ3n) is 6.26. The molecule has 1 aromatic carbocycles. The zero-order valence-electron chi connectivity index (χ0n) is 14.6. The van der Waals surface area contributed by atoms with Crippen molar-refractivity contribution in [2.75, 3.05) is 13.1 Å². The van der Waals surface area contributed by atoms with E-state index in [1.54, 1.807) is 10.6 Å². The van der Waals surface area contributed by atoms with E-state index in [0.717, 1.165) is 37.1 Å². The van der Waals surface area contributed by atoms with Gasteiger partial charge in [-0.2, -0.15) is 0 Å². The highest BCUT2D eigenvalue weighted by atomic mass is 16.3. The van der Waals surface area contributed by atoms with Gasteiger partial charge in [-0.3, -0.25) is 4.79 Å². The van der Waals surface area contributed by atoms with Crippen molar-refractivity contribution in [2.45, 2.75) is 44.2 Å². The van der Waals surface area contributed by atoms with E-state index in [4.69, 9.17) is 0 Å². The Kier molecular flexibility index (Phi) is 4.26. The number of piperidine rings is 1. The summed E-state index contributed by atoms with van der Waals surface area (Å²) in [6.07, 6.45) is 6.99. The summed E-state index contributed by atoms with van der Waals surface area (Å²) in [6, 6.07) is 13.6. The van der Waals surface area contributed by atoms with Crippen molar-refractivity contribution in [2.24, 2.45) is 5.41 Å². The molecule has 2 fully saturated rings. The predicted octanol–water partition coefficient (Wildman–Crippen LogP) is 2.80. The van der Waals surface area contributed by atoms with Gasteiger partial charge >= 0.3 is 0 Å². The van der Waals surface area contributed by atoms with Crippen molar-refractivity contribution in [3.8, 4) is 11.1 Å². The standard InChI is InChI=1S/C21H26N2O2/c24-19-14-18(17-6-2-1-3-7-17)8-13-23(19)16-21(25)11-12-22-15-20(21)9-4-5-10-20/h1-3,6-8,13-14,22,25H,4-5,9-12,15-16H2/t21-/m1/s1. The Balaban J connectivity index is 1.63. The molecule has 132 valence electrons. The molecule has 2 heterocycles. The number of nitrogens with zero attached hydrogens (tertiary/aromatic N) is 1. The molecular formula is C21H26N2O2. The van der Waals surface area contributed by atoms with E-state index in [0.29, 0.717) is 13.0 Å². The van der Waals surface area contributed by atoms with E-state index < -0.39 is 5.60 Å². The van der Waals surface area contributed by atoms with Gasteiger partial charge in [0.1, 0.15) is 0 Å². The second-order valence-corrected chi connectivity index (χ2v) is 7.69. The van der Waals surface area contributed by atoms with Crippen LogP contribution in [0.3, 0.4) is 0 Å². The highest BCUT2D eigenvalue weighted by Gasteiger charge is 2.53. The minimum absolute atomic E-state index is 0.0403. The van der Waals surface area contributed by atoms with Gasteiger partial charge in [0.15, 0.2) is 0 Å². The highest BCUT2D eigenvalue weighted by molar-refractivity contribution is 5.62. The number of rotatable bonds is 3. The van der Waals surface area contributed by atoms with Crippen molar-refractivity contribution in [3.63, 3.8) is 0 Å². The van der Waals surface area contributed by atoms with Crippen LogP contribution in [0.2, 0.25) is 0 Å². The first-order chi connectivity index (χ1) is 12.1. The smallest absolute Gasteiger partial charge is 0.251 e. The number of pyridine rings is 1. The molecule has 4 nitrogen and oxygen atoms in total. The number of hydrogen-bond donors (Lipinski definition) is 2. The molecule has 0 radical (unpaired) electrons. The fraction of sp³-hybridized carbons (Fsp3) is 0.476. The van der Waals surface area contributed by atoms with Gasteiger partial charge < -0.3 is 15.0 Å². The Hall–Kier alpha value is -1.91. The molecule has 1 saturated carbocycles. The van der Waals surface area contributed by atoms with Crippen LogP contribution in [0.1, 0.15) is 32.1 Å². The Labute approximate surface area is 148 Å². The van der Waals surface area contributed by atoms with Gasteiger partial charge in [-0.15, -0.1) is 0 Å². The second-order valence-electron chi connectivity index (χ2n) is 7.69. The van der Waals surface area contributed by atoms with E-state index in [1.807, 2.05) is 42.6 Å². The zero-order valence-corrected chi connectivity index (χ0v) is 14.6. The van der Waals surface area contributed by atoms with Crippen LogP contribution in [0.15, 0.2) is 53.5 Å². The monoisotopic (exact) mass is 338 g/mol. The molecule has 1 aromatic heterocycles. The van der Waals surface area contributed by atoms with E-state index in [2.05, 4.69) is 5.32 Å². The van der Waals surface area contributed by atoms with Gasteiger partial charge in [0.05, 0.1) is 12.1 Å². The lowest BCUT2D eigenvalue weighted by Crippen LogP contribution is -2.60. The Morgan fingerprint density at radius 3 is 2.52 bits per heavy atom. The van der Waals surface area contributed by atoms with Gasteiger partial charge in [0.25, 0.3) is 5.56 Å². The van der Waals surface area contributed by atoms with Crippen LogP contribution >= 0.6 is 0 Å². The SMILES string of the molecule is O=c1cc(-c2ccccc2)ccn1C[C@]1(O)CCNCC12CCCC2. The van der Waals surface area contributed by atoms with E-state index in [1.165, 1.54) is 12.8 Å². The average molecular weight is 338 g/mol. The molecule has 0 amide bonds. The van der Waals surface area contributed by atoms with Gasteiger partial charge in [-0.1, -0.05) is 43.2 Å². The normalized spacial score (nSPS) is 25.3. The molecule has 1 saturated heterocycles. The van der Waals surface area contributed by atoms with Crippen LogP contribution in [0.4, 0.5) is 0 Å². The highest BCUT2D eigenvalue weighted by Crippen LogP contribution is 2.49. The first-order valence-electron chi connectivity index (χ1n) is 9.31. The van der Waals surface area contributed by atoms with Gasteiger partial charge in [-0.05, 0) is 43.0 Å². The second kappa shape index (κ2) is 6.43. The van der Waals surface area contributed by atoms with Crippen LogP contribution in [0.25, 0.3) is 11.1 Å². The van der Waals surface area contributed by atoms with E-state index in [9.17, 15) is 9.90 Å². The lowest BCUT2D eigenvalue weighted by Gasteiger charge is -2.49. The molecule has 25 heavy (non-hydrogen) atoms. The predicted molar refractivity (Wildman–Crippen MR) is 99.5 cm³/mol. The molecule has 1 aliphatic carbocycles. The number of benzene rings is 1. The third-order valence-corrected chi connectivity index (χ3v) is 6.26. The fourth-order valence-electron chi connectivity index (χ4n) is 4.72. The van der Waals surface area contributed by atoms with E-state index in [-0.39, 0.29) is 11.0 Å². The third kappa shape index (κ3) is 2.94. The lowest BCUT2D eigenvalue weighted by molar-refractivity contribution is -0.115. The quantitative estimate of drug-likeness (QED) is 0.905. The molecular weight excluding hydrogens is 312 g/mol. The molecule has 0 bridgehead atoms. The molecule has 2 aliphatic rings. The summed E-state index contributed by atoms with van der Waals surface area (Å²) in [5.41, 5.74) is 1.05. The first-order valence-corrected chi connectivity index (χ1v) is 9.31. The van der Waals surface area contributed by atoms with Crippen LogP contribution < -0.4 is 10.9 Å². The summed E-state index contributed by atoms with van der Waals surface area (Å²) in [5, 5.41) is 14.9. The van der Waals surface area contributed by atoms with Crippen molar-refractivity contribution >= 4 is 0 Å². The summed E-state index contributed by atoms with van der Waals surface area (Å²) in [4.78, 5) is 12.7. The Bertz CT molecular complexity index is 793. The minimum Gasteiger partial charge on any atom is -0.387 e. The molecule has 1 spiro atoms. The topological polar surface area (TPSA) is 54.3 Å². The van der Waals surface area contributed by atoms with Crippen molar-refractivity contribution in [3.05, 3.63) is 59.0 Å². The van der Waals surface area contributed by atoms with Gasteiger partial charge in [-0.25, -0.2) is 0 Å². The van der Waals surface area contributed by atoms with Gasteiger partial charge in [0.2, 0.25) is 0 Å². The van der Waals surface area contributed by atoms with Crippen LogP contribution in [0, 0.1) is 5.41 Å². The fourth-order valence-corrected chi connectivity index (χ4v) is 4.72. The van der Waals surface area contributed by atoms with Gasteiger partial charge in [0, 0.05) is 24.2 Å². The molecule has 2 aromatic rings. The maximum atomic E-state index is 12.7.